The standard InChI is InChI=1S/C15H24O/c1-12(2)8-14-6-5-7-15(9-14)11-16-10-13(3)4/h5-7,9,12-13H,8,10-11H2,1-4H3. The lowest BCUT2D eigenvalue weighted by molar-refractivity contribution is 0.0970. The molecule has 0 atom stereocenters. The van der Waals surface area contributed by atoms with Crippen molar-refractivity contribution in [2.24, 2.45) is 11.8 Å². The van der Waals surface area contributed by atoms with Gasteiger partial charge in [-0.25, -0.2) is 0 Å². The molecule has 16 heavy (non-hydrogen) atoms. The Morgan fingerprint density at radius 3 is 2.31 bits per heavy atom. The first-order valence-electron chi connectivity index (χ1n) is 6.23. The van der Waals surface area contributed by atoms with Crippen molar-refractivity contribution in [2.75, 3.05) is 6.61 Å². The summed E-state index contributed by atoms with van der Waals surface area (Å²) in [6, 6.07) is 8.74. The molecule has 0 aliphatic heterocycles. The third-order valence-corrected chi connectivity index (χ3v) is 2.36. The summed E-state index contributed by atoms with van der Waals surface area (Å²) in [5.41, 5.74) is 2.71. The highest BCUT2D eigenvalue weighted by Crippen LogP contribution is 2.11. The van der Waals surface area contributed by atoms with E-state index < -0.39 is 0 Å². The monoisotopic (exact) mass is 220 g/mol. The first-order chi connectivity index (χ1) is 7.58. The number of hydrogen-bond acceptors (Lipinski definition) is 1. The summed E-state index contributed by atoms with van der Waals surface area (Å²) in [5.74, 6) is 1.32. The Morgan fingerprint density at radius 2 is 1.69 bits per heavy atom. The van der Waals surface area contributed by atoms with Gasteiger partial charge in [0.05, 0.1) is 6.61 Å². The van der Waals surface area contributed by atoms with Crippen molar-refractivity contribution in [3.8, 4) is 0 Å². The predicted octanol–water partition coefficient (Wildman–Crippen LogP) is 4.06. The number of hydrogen-bond donors (Lipinski definition) is 0. The van der Waals surface area contributed by atoms with Gasteiger partial charge in [-0.3, -0.25) is 0 Å². The fourth-order valence-corrected chi connectivity index (χ4v) is 1.73. The van der Waals surface area contributed by atoms with Crippen LogP contribution in [0.25, 0.3) is 0 Å². The van der Waals surface area contributed by atoms with E-state index in [1.807, 2.05) is 0 Å². The predicted molar refractivity (Wildman–Crippen MR) is 69.5 cm³/mol. The Bertz CT molecular complexity index is 302. The molecule has 90 valence electrons. The van der Waals surface area contributed by atoms with E-state index in [1.165, 1.54) is 11.1 Å². The van der Waals surface area contributed by atoms with E-state index in [-0.39, 0.29) is 0 Å². The molecule has 0 bridgehead atoms. The summed E-state index contributed by atoms with van der Waals surface area (Å²) in [5, 5.41) is 0. The summed E-state index contributed by atoms with van der Waals surface area (Å²) in [6.07, 6.45) is 1.15. The van der Waals surface area contributed by atoms with Gasteiger partial charge < -0.3 is 4.74 Å². The number of ether oxygens (including phenoxy) is 1. The van der Waals surface area contributed by atoms with Crippen LogP contribution >= 0.6 is 0 Å². The van der Waals surface area contributed by atoms with E-state index in [0.29, 0.717) is 11.8 Å². The minimum Gasteiger partial charge on any atom is -0.377 e. The second-order valence-electron chi connectivity index (χ2n) is 5.33. The van der Waals surface area contributed by atoms with Crippen LogP contribution in [0.1, 0.15) is 38.8 Å². The molecule has 0 saturated carbocycles. The Balaban J connectivity index is 2.47. The summed E-state index contributed by atoms with van der Waals surface area (Å²) in [7, 11) is 0. The molecule has 0 unspecified atom stereocenters. The molecule has 0 aliphatic carbocycles. The second kappa shape index (κ2) is 6.70. The maximum Gasteiger partial charge on any atom is 0.0717 e. The van der Waals surface area contributed by atoms with E-state index in [4.69, 9.17) is 4.74 Å². The first kappa shape index (κ1) is 13.2. The Labute approximate surface area is 99.8 Å². The van der Waals surface area contributed by atoms with Gasteiger partial charge in [-0.1, -0.05) is 52.0 Å². The zero-order valence-electron chi connectivity index (χ0n) is 11.0. The van der Waals surface area contributed by atoms with E-state index in [2.05, 4.69) is 52.0 Å². The van der Waals surface area contributed by atoms with Crippen LogP contribution in [0.4, 0.5) is 0 Å². The molecule has 0 fully saturated rings. The summed E-state index contributed by atoms with van der Waals surface area (Å²) >= 11 is 0. The smallest absolute Gasteiger partial charge is 0.0717 e. The van der Waals surface area contributed by atoms with Crippen molar-refractivity contribution in [2.45, 2.75) is 40.7 Å². The minimum atomic E-state index is 0.610. The van der Waals surface area contributed by atoms with Crippen LogP contribution in [0.5, 0.6) is 0 Å². The Hall–Kier alpha value is -0.820. The van der Waals surface area contributed by atoms with Gasteiger partial charge in [-0.15, -0.1) is 0 Å². The Kier molecular flexibility index (Phi) is 5.54. The van der Waals surface area contributed by atoms with Crippen LogP contribution < -0.4 is 0 Å². The molecule has 1 heteroatoms. The van der Waals surface area contributed by atoms with Gasteiger partial charge in [0.25, 0.3) is 0 Å². The quantitative estimate of drug-likeness (QED) is 0.702. The number of rotatable bonds is 6. The SMILES string of the molecule is CC(C)COCc1cccc(CC(C)C)c1. The highest BCUT2D eigenvalue weighted by Gasteiger charge is 2.00. The van der Waals surface area contributed by atoms with Gasteiger partial charge in [-0.05, 0) is 29.4 Å². The maximum absolute atomic E-state index is 5.64. The third kappa shape index (κ3) is 5.32. The molecule has 0 radical (unpaired) electrons. The molecule has 1 aromatic carbocycles. The van der Waals surface area contributed by atoms with Gasteiger partial charge in [0.1, 0.15) is 0 Å². The molecule has 1 nitrogen and oxygen atoms in total. The summed E-state index contributed by atoms with van der Waals surface area (Å²) in [4.78, 5) is 0. The maximum atomic E-state index is 5.64. The fraction of sp³-hybridized carbons (Fsp3) is 0.600. The van der Waals surface area contributed by atoms with Gasteiger partial charge in [0, 0.05) is 6.61 Å². The molecular formula is C15H24O. The fourth-order valence-electron chi connectivity index (χ4n) is 1.73. The van der Waals surface area contributed by atoms with Crippen molar-refractivity contribution >= 4 is 0 Å². The lowest BCUT2D eigenvalue weighted by atomic mass is 10.0. The average Bonchev–Trinajstić information content (AvgIpc) is 2.16. The molecule has 0 spiro atoms. The van der Waals surface area contributed by atoms with Crippen molar-refractivity contribution in [3.05, 3.63) is 35.4 Å². The highest BCUT2D eigenvalue weighted by atomic mass is 16.5. The molecule has 0 aromatic heterocycles. The van der Waals surface area contributed by atoms with E-state index in [1.54, 1.807) is 0 Å². The summed E-state index contributed by atoms with van der Waals surface area (Å²) in [6.45, 7) is 10.4. The molecule has 1 aromatic rings. The van der Waals surface area contributed by atoms with Gasteiger partial charge in [-0.2, -0.15) is 0 Å². The molecule has 1 rings (SSSR count). The molecule has 0 aliphatic rings. The van der Waals surface area contributed by atoms with E-state index in [0.717, 1.165) is 19.6 Å². The van der Waals surface area contributed by atoms with Crippen LogP contribution in [0, 0.1) is 11.8 Å². The normalized spacial score (nSPS) is 11.4. The second-order valence-corrected chi connectivity index (χ2v) is 5.33. The van der Waals surface area contributed by atoms with Crippen molar-refractivity contribution < 1.29 is 4.74 Å². The number of benzene rings is 1. The van der Waals surface area contributed by atoms with E-state index in [9.17, 15) is 0 Å². The third-order valence-electron chi connectivity index (χ3n) is 2.36. The van der Waals surface area contributed by atoms with Crippen LogP contribution in [-0.4, -0.2) is 6.61 Å². The molecule has 0 heterocycles. The van der Waals surface area contributed by atoms with Crippen LogP contribution in [-0.2, 0) is 17.8 Å². The van der Waals surface area contributed by atoms with Gasteiger partial charge >= 0.3 is 0 Å². The van der Waals surface area contributed by atoms with E-state index >= 15 is 0 Å². The van der Waals surface area contributed by atoms with Gasteiger partial charge in [0.15, 0.2) is 0 Å². The lowest BCUT2D eigenvalue weighted by Crippen LogP contribution is -2.02. The van der Waals surface area contributed by atoms with Crippen molar-refractivity contribution in [1.82, 2.24) is 0 Å². The molecule has 0 N–H and O–H groups in total. The lowest BCUT2D eigenvalue weighted by Gasteiger charge is -2.09. The zero-order chi connectivity index (χ0) is 12.0. The zero-order valence-corrected chi connectivity index (χ0v) is 11.0. The summed E-state index contributed by atoms with van der Waals surface area (Å²) < 4.78 is 5.64. The molecule has 0 amide bonds. The average molecular weight is 220 g/mol. The minimum absolute atomic E-state index is 0.610. The van der Waals surface area contributed by atoms with Crippen LogP contribution in [0.2, 0.25) is 0 Å². The molecule has 0 saturated heterocycles. The highest BCUT2D eigenvalue weighted by molar-refractivity contribution is 5.23. The van der Waals surface area contributed by atoms with Crippen LogP contribution in [0.15, 0.2) is 24.3 Å². The molecular weight excluding hydrogens is 196 g/mol. The Morgan fingerprint density at radius 1 is 1.00 bits per heavy atom. The van der Waals surface area contributed by atoms with Crippen LogP contribution in [0.3, 0.4) is 0 Å². The largest absolute Gasteiger partial charge is 0.377 e. The first-order valence-corrected chi connectivity index (χ1v) is 6.23. The van der Waals surface area contributed by atoms with Crippen molar-refractivity contribution in [1.29, 1.82) is 0 Å². The van der Waals surface area contributed by atoms with Crippen molar-refractivity contribution in [3.63, 3.8) is 0 Å². The topological polar surface area (TPSA) is 9.23 Å². The van der Waals surface area contributed by atoms with Gasteiger partial charge in [0.2, 0.25) is 0 Å².